The highest BCUT2D eigenvalue weighted by Gasteiger charge is 2.22. The lowest BCUT2D eigenvalue weighted by atomic mass is 10.0. The highest BCUT2D eigenvalue weighted by molar-refractivity contribution is 5.86. The number of hydrogen-bond donors (Lipinski definition) is 3. The molecule has 3 amide bonds. The summed E-state index contributed by atoms with van der Waals surface area (Å²) in [6.07, 6.45) is 0. The summed E-state index contributed by atoms with van der Waals surface area (Å²) in [5.74, 6) is 0.417. The summed E-state index contributed by atoms with van der Waals surface area (Å²) in [5.41, 5.74) is 5.97. The monoisotopic (exact) mass is 359 g/mol. The first kappa shape index (κ1) is 19.2. The van der Waals surface area contributed by atoms with Crippen molar-refractivity contribution in [3.8, 4) is 11.5 Å². The highest BCUT2D eigenvalue weighted by atomic mass is 19.1. The van der Waals surface area contributed by atoms with Crippen LogP contribution in [0.4, 0.5) is 9.18 Å². The molecular weight excluding hydrogens is 337 g/mol. The van der Waals surface area contributed by atoms with E-state index in [-0.39, 0.29) is 17.6 Å². The fraction of sp³-hybridized carbons (Fsp3) is 0.263. The van der Waals surface area contributed by atoms with Gasteiger partial charge in [-0.2, -0.15) is 0 Å². The number of halogens is 1. The van der Waals surface area contributed by atoms with Crippen LogP contribution in [0.3, 0.4) is 0 Å². The summed E-state index contributed by atoms with van der Waals surface area (Å²) in [5, 5.41) is 5.21. The first-order valence-electron chi connectivity index (χ1n) is 8.21. The van der Waals surface area contributed by atoms with Gasteiger partial charge in [-0.3, -0.25) is 4.79 Å². The van der Waals surface area contributed by atoms with E-state index in [2.05, 4.69) is 10.6 Å². The Morgan fingerprint density at radius 1 is 1.04 bits per heavy atom. The normalized spacial score (nSPS) is 11.7. The average Bonchev–Trinajstić information content (AvgIpc) is 2.60. The Bertz CT molecular complexity index is 746. The molecule has 0 fully saturated rings. The number of ether oxygens (including phenoxy) is 1. The third-order valence-electron chi connectivity index (χ3n) is 3.69. The number of primary amides is 1. The molecule has 0 unspecified atom stereocenters. The molecule has 0 aliphatic carbocycles. The topological polar surface area (TPSA) is 93.5 Å². The fourth-order valence-electron chi connectivity index (χ4n) is 2.30. The molecule has 26 heavy (non-hydrogen) atoms. The summed E-state index contributed by atoms with van der Waals surface area (Å²) < 4.78 is 18.5. The van der Waals surface area contributed by atoms with Gasteiger partial charge >= 0.3 is 6.03 Å². The molecule has 2 rings (SSSR count). The van der Waals surface area contributed by atoms with E-state index in [0.29, 0.717) is 18.0 Å². The van der Waals surface area contributed by atoms with Gasteiger partial charge in [-0.05, 0) is 47.9 Å². The number of nitrogens with two attached hydrogens (primary N) is 1. The second kappa shape index (κ2) is 8.84. The van der Waals surface area contributed by atoms with Crippen LogP contribution in [0.5, 0.6) is 11.5 Å². The maximum absolute atomic E-state index is 12.9. The van der Waals surface area contributed by atoms with E-state index in [4.69, 9.17) is 10.5 Å². The molecule has 0 bridgehead atoms. The molecule has 7 heteroatoms. The van der Waals surface area contributed by atoms with Crippen LogP contribution in [0, 0.1) is 11.7 Å². The van der Waals surface area contributed by atoms with Gasteiger partial charge in [-0.25, -0.2) is 9.18 Å². The Morgan fingerprint density at radius 2 is 1.58 bits per heavy atom. The minimum Gasteiger partial charge on any atom is -0.457 e. The summed E-state index contributed by atoms with van der Waals surface area (Å²) in [6.45, 7) is 3.95. The first-order valence-corrected chi connectivity index (χ1v) is 8.21. The van der Waals surface area contributed by atoms with Crippen molar-refractivity contribution in [3.63, 3.8) is 0 Å². The molecule has 0 saturated carbocycles. The molecule has 0 aliphatic rings. The summed E-state index contributed by atoms with van der Waals surface area (Å²) >= 11 is 0. The molecule has 138 valence electrons. The Morgan fingerprint density at radius 3 is 2.08 bits per heavy atom. The van der Waals surface area contributed by atoms with Gasteiger partial charge in [0.1, 0.15) is 23.4 Å². The third-order valence-corrected chi connectivity index (χ3v) is 3.69. The quantitative estimate of drug-likeness (QED) is 0.709. The molecule has 0 spiro atoms. The number of nitrogens with one attached hydrogen (secondary N) is 2. The number of benzene rings is 2. The van der Waals surface area contributed by atoms with Crippen LogP contribution < -0.4 is 21.1 Å². The predicted octanol–water partition coefficient (Wildman–Crippen LogP) is 2.93. The van der Waals surface area contributed by atoms with Crippen LogP contribution >= 0.6 is 0 Å². The molecule has 4 N–H and O–H groups in total. The van der Waals surface area contributed by atoms with Crippen molar-refractivity contribution in [1.82, 2.24) is 10.6 Å². The second-order valence-electron chi connectivity index (χ2n) is 6.15. The number of hydrogen-bond acceptors (Lipinski definition) is 3. The molecule has 6 nitrogen and oxygen atoms in total. The number of urea groups is 1. The van der Waals surface area contributed by atoms with Crippen LogP contribution in [0.1, 0.15) is 19.4 Å². The zero-order valence-electron chi connectivity index (χ0n) is 14.7. The Labute approximate surface area is 151 Å². The number of amides is 3. The molecule has 1 atom stereocenters. The van der Waals surface area contributed by atoms with Gasteiger partial charge in [-0.1, -0.05) is 26.0 Å². The third kappa shape index (κ3) is 5.77. The number of carbonyl (C=O) groups is 2. The van der Waals surface area contributed by atoms with E-state index in [1.165, 1.54) is 12.1 Å². The van der Waals surface area contributed by atoms with Gasteiger partial charge in [0.15, 0.2) is 0 Å². The lowest BCUT2D eigenvalue weighted by Crippen LogP contribution is -2.51. The van der Waals surface area contributed by atoms with E-state index in [1.807, 2.05) is 26.0 Å². The van der Waals surface area contributed by atoms with Gasteiger partial charge in [0.2, 0.25) is 5.91 Å². The van der Waals surface area contributed by atoms with Crippen LogP contribution in [0.25, 0.3) is 0 Å². The van der Waals surface area contributed by atoms with E-state index >= 15 is 0 Å². The molecule has 2 aromatic rings. The molecule has 0 aromatic heterocycles. The maximum atomic E-state index is 12.9. The SMILES string of the molecule is CC(C)[C@H](NC(N)=O)C(=O)NCc1ccc(Oc2ccc(F)cc2)cc1. The van der Waals surface area contributed by atoms with Crippen molar-refractivity contribution in [3.05, 3.63) is 59.9 Å². The average molecular weight is 359 g/mol. The standard InChI is InChI=1S/C19H22FN3O3/c1-12(2)17(23-19(21)25)18(24)22-11-13-3-7-15(8-4-13)26-16-9-5-14(20)6-10-16/h3-10,12,17H,11H2,1-2H3,(H,22,24)(H3,21,23,25)/t17-/m0/s1. The van der Waals surface area contributed by atoms with Gasteiger partial charge in [0.25, 0.3) is 0 Å². The molecule has 0 heterocycles. The Balaban J connectivity index is 1.91. The van der Waals surface area contributed by atoms with Gasteiger partial charge in [0, 0.05) is 6.54 Å². The van der Waals surface area contributed by atoms with E-state index in [9.17, 15) is 14.0 Å². The number of rotatable bonds is 7. The van der Waals surface area contributed by atoms with Gasteiger partial charge < -0.3 is 21.1 Å². The summed E-state index contributed by atoms with van der Waals surface area (Å²) in [7, 11) is 0. The van der Waals surface area contributed by atoms with E-state index in [0.717, 1.165) is 5.56 Å². The van der Waals surface area contributed by atoms with Crippen molar-refractivity contribution in [2.75, 3.05) is 0 Å². The minimum absolute atomic E-state index is 0.0889. The second-order valence-corrected chi connectivity index (χ2v) is 6.15. The van der Waals surface area contributed by atoms with Crippen LogP contribution in [0.15, 0.2) is 48.5 Å². The summed E-state index contributed by atoms with van der Waals surface area (Å²) in [6, 6.07) is 11.4. The Kier molecular flexibility index (Phi) is 6.54. The van der Waals surface area contributed by atoms with Crippen molar-refractivity contribution in [2.24, 2.45) is 11.7 Å². The predicted molar refractivity (Wildman–Crippen MR) is 96.1 cm³/mol. The molecule has 2 aromatic carbocycles. The van der Waals surface area contributed by atoms with Crippen molar-refractivity contribution in [1.29, 1.82) is 0 Å². The molecule has 0 aliphatic heterocycles. The lowest BCUT2D eigenvalue weighted by molar-refractivity contribution is -0.124. The molecular formula is C19H22FN3O3. The first-order chi connectivity index (χ1) is 12.3. The maximum Gasteiger partial charge on any atom is 0.312 e. The smallest absolute Gasteiger partial charge is 0.312 e. The van der Waals surface area contributed by atoms with E-state index < -0.39 is 12.1 Å². The highest BCUT2D eigenvalue weighted by Crippen LogP contribution is 2.21. The van der Waals surface area contributed by atoms with Crippen LogP contribution in [0.2, 0.25) is 0 Å². The summed E-state index contributed by atoms with van der Waals surface area (Å²) in [4.78, 5) is 23.2. The lowest BCUT2D eigenvalue weighted by Gasteiger charge is -2.20. The van der Waals surface area contributed by atoms with Gasteiger partial charge in [0.05, 0.1) is 0 Å². The van der Waals surface area contributed by atoms with Crippen molar-refractivity contribution in [2.45, 2.75) is 26.4 Å². The minimum atomic E-state index is -0.735. The van der Waals surface area contributed by atoms with E-state index in [1.54, 1.807) is 24.3 Å². The zero-order valence-corrected chi connectivity index (χ0v) is 14.7. The fourth-order valence-corrected chi connectivity index (χ4v) is 2.30. The molecule has 0 radical (unpaired) electrons. The van der Waals surface area contributed by atoms with Crippen LogP contribution in [-0.2, 0) is 11.3 Å². The van der Waals surface area contributed by atoms with Crippen LogP contribution in [-0.4, -0.2) is 18.0 Å². The largest absolute Gasteiger partial charge is 0.457 e. The zero-order chi connectivity index (χ0) is 19.1. The number of carbonyl (C=O) groups excluding carboxylic acids is 2. The Hall–Kier alpha value is -3.09. The van der Waals surface area contributed by atoms with Crippen molar-refractivity contribution >= 4 is 11.9 Å². The van der Waals surface area contributed by atoms with Gasteiger partial charge in [-0.15, -0.1) is 0 Å². The van der Waals surface area contributed by atoms with Crippen molar-refractivity contribution < 1.29 is 18.7 Å². The molecule has 0 saturated heterocycles.